The monoisotopic (exact) mass is 400 g/mol. The van der Waals surface area contributed by atoms with Gasteiger partial charge in [0.2, 0.25) is 0 Å². The van der Waals surface area contributed by atoms with Crippen molar-refractivity contribution in [3.63, 3.8) is 0 Å². The first-order valence-electron chi connectivity index (χ1n) is 9.14. The zero-order chi connectivity index (χ0) is 20.4. The summed E-state index contributed by atoms with van der Waals surface area (Å²) in [4.78, 5) is 25.2. The third-order valence-corrected chi connectivity index (χ3v) is 6.17. The summed E-state index contributed by atoms with van der Waals surface area (Å²) in [6.07, 6.45) is 1.68. The SMILES string of the molecule is COc1ccc2cc(C(C)C(=O)C3=C(O)C(CC(C)SC)OC3=O)ccc2c1. The fraction of sp³-hybridized carbons (Fsp3) is 0.364. The number of carbonyl (C=O) groups excluding carboxylic acids is 2. The maximum Gasteiger partial charge on any atom is 0.346 e. The van der Waals surface area contributed by atoms with Crippen molar-refractivity contribution in [1.29, 1.82) is 0 Å². The Morgan fingerprint density at radius 3 is 2.57 bits per heavy atom. The molecule has 1 heterocycles. The fourth-order valence-corrected chi connectivity index (χ4v) is 3.67. The van der Waals surface area contributed by atoms with E-state index in [0.29, 0.717) is 6.42 Å². The number of hydrogen-bond acceptors (Lipinski definition) is 6. The van der Waals surface area contributed by atoms with E-state index in [-0.39, 0.29) is 16.6 Å². The summed E-state index contributed by atoms with van der Waals surface area (Å²) in [7, 11) is 1.62. The van der Waals surface area contributed by atoms with Crippen molar-refractivity contribution >= 4 is 34.3 Å². The zero-order valence-electron chi connectivity index (χ0n) is 16.4. The standard InChI is InChI=1S/C22H24O5S/c1-12(28-4)9-18-21(24)19(22(25)27-18)20(23)13(2)14-5-6-16-11-17(26-3)8-7-15(16)10-14/h5-8,10-13,18,24H,9H2,1-4H3. The molecule has 2 aromatic rings. The summed E-state index contributed by atoms with van der Waals surface area (Å²) in [6, 6.07) is 11.4. The Hall–Kier alpha value is -2.47. The molecule has 0 aliphatic carbocycles. The number of aliphatic hydroxyl groups is 1. The van der Waals surface area contributed by atoms with Gasteiger partial charge < -0.3 is 14.6 Å². The van der Waals surface area contributed by atoms with E-state index in [0.717, 1.165) is 22.1 Å². The number of fused-ring (bicyclic) bond motifs is 1. The van der Waals surface area contributed by atoms with E-state index >= 15 is 0 Å². The Morgan fingerprint density at radius 2 is 1.89 bits per heavy atom. The lowest BCUT2D eigenvalue weighted by Crippen LogP contribution is -2.17. The number of esters is 1. The van der Waals surface area contributed by atoms with Crippen molar-refractivity contribution in [2.24, 2.45) is 0 Å². The van der Waals surface area contributed by atoms with Gasteiger partial charge in [0, 0.05) is 17.6 Å². The summed E-state index contributed by atoms with van der Waals surface area (Å²) < 4.78 is 10.5. The molecule has 5 nitrogen and oxygen atoms in total. The van der Waals surface area contributed by atoms with Crippen LogP contribution in [-0.2, 0) is 14.3 Å². The number of benzene rings is 2. The molecule has 0 radical (unpaired) electrons. The van der Waals surface area contributed by atoms with Crippen molar-refractivity contribution in [3.05, 3.63) is 53.3 Å². The average molecular weight is 400 g/mol. The van der Waals surface area contributed by atoms with Crippen LogP contribution in [0.15, 0.2) is 47.7 Å². The topological polar surface area (TPSA) is 72.8 Å². The lowest BCUT2D eigenvalue weighted by atomic mass is 9.90. The highest BCUT2D eigenvalue weighted by atomic mass is 32.2. The van der Waals surface area contributed by atoms with Gasteiger partial charge in [0.1, 0.15) is 11.3 Å². The van der Waals surface area contributed by atoms with Crippen LogP contribution in [0.1, 0.15) is 31.7 Å². The quantitative estimate of drug-likeness (QED) is 0.549. The number of carbonyl (C=O) groups is 2. The molecule has 1 N–H and O–H groups in total. The third kappa shape index (κ3) is 3.87. The normalized spacial score (nSPS) is 18.9. The van der Waals surface area contributed by atoms with Gasteiger partial charge in [0.15, 0.2) is 17.6 Å². The first-order chi connectivity index (χ1) is 13.3. The molecule has 6 heteroatoms. The van der Waals surface area contributed by atoms with E-state index in [1.54, 1.807) is 25.8 Å². The van der Waals surface area contributed by atoms with E-state index in [1.807, 2.05) is 49.6 Å². The minimum Gasteiger partial charge on any atom is -0.507 e. The molecule has 0 saturated carbocycles. The van der Waals surface area contributed by atoms with Crippen LogP contribution in [0, 0.1) is 0 Å². The fourth-order valence-electron chi connectivity index (χ4n) is 3.30. The second-order valence-electron chi connectivity index (χ2n) is 6.99. The van der Waals surface area contributed by atoms with Gasteiger partial charge in [0.05, 0.1) is 7.11 Å². The molecule has 1 aliphatic rings. The molecule has 0 amide bonds. The highest BCUT2D eigenvalue weighted by molar-refractivity contribution is 7.99. The van der Waals surface area contributed by atoms with Crippen molar-refractivity contribution < 1.29 is 24.2 Å². The minimum absolute atomic E-state index is 0.198. The molecule has 3 rings (SSSR count). The highest BCUT2D eigenvalue weighted by Crippen LogP contribution is 2.32. The third-order valence-electron chi connectivity index (χ3n) is 5.17. The van der Waals surface area contributed by atoms with E-state index in [1.165, 1.54) is 0 Å². The summed E-state index contributed by atoms with van der Waals surface area (Å²) in [5, 5.41) is 12.6. The number of hydrogen-bond donors (Lipinski definition) is 1. The molecule has 0 spiro atoms. The van der Waals surface area contributed by atoms with Crippen LogP contribution in [0.25, 0.3) is 10.8 Å². The molecule has 0 fully saturated rings. The maximum absolute atomic E-state index is 13.0. The van der Waals surface area contributed by atoms with Crippen LogP contribution in [0.2, 0.25) is 0 Å². The number of ketones is 1. The highest BCUT2D eigenvalue weighted by Gasteiger charge is 2.40. The first-order valence-corrected chi connectivity index (χ1v) is 10.4. The number of ether oxygens (including phenoxy) is 2. The van der Waals surface area contributed by atoms with Gasteiger partial charge >= 0.3 is 5.97 Å². The first kappa shape index (κ1) is 20.3. The predicted octanol–water partition coefficient (Wildman–Crippen LogP) is 4.40. The van der Waals surface area contributed by atoms with E-state index in [9.17, 15) is 14.7 Å². The summed E-state index contributed by atoms with van der Waals surface area (Å²) in [5.74, 6) is -1.22. The summed E-state index contributed by atoms with van der Waals surface area (Å²) >= 11 is 1.61. The van der Waals surface area contributed by atoms with Crippen molar-refractivity contribution in [3.8, 4) is 5.75 Å². The predicted molar refractivity (Wildman–Crippen MR) is 111 cm³/mol. The lowest BCUT2D eigenvalue weighted by molar-refractivity contribution is -0.141. The summed E-state index contributed by atoms with van der Waals surface area (Å²) in [5.41, 5.74) is 0.553. The number of cyclic esters (lactones) is 1. The number of rotatable bonds is 7. The van der Waals surface area contributed by atoms with Gasteiger partial charge in [-0.1, -0.05) is 38.1 Å². The van der Waals surface area contributed by atoms with Crippen molar-refractivity contribution in [2.75, 3.05) is 13.4 Å². The molecule has 28 heavy (non-hydrogen) atoms. The van der Waals surface area contributed by atoms with Gasteiger partial charge in [-0.3, -0.25) is 4.79 Å². The molecule has 0 saturated heterocycles. The van der Waals surface area contributed by atoms with E-state index in [2.05, 4.69) is 0 Å². The number of Topliss-reactive ketones (excluding diaryl/α,β-unsaturated/α-hetero) is 1. The molecule has 2 aromatic carbocycles. The molecule has 3 atom stereocenters. The van der Waals surface area contributed by atoms with Crippen LogP contribution in [0.3, 0.4) is 0 Å². The minimum atomic E-state index is -0.745. The van der Waals surface area contributed by atoms with Crippen LogP contribution < -0.4 is 4.74 Å². The second-order valence-corrected chi connectivity index (χ2v) is 8.27. The van der Waals surface area contributed by atoms with Gasteiger partial charge in [-0.15, -0.1) is 0 Å². The van der Waals surface area contributed by atoms with Gasteiger partial charge in [-0.25, -0.2) is 4.79 Å². The molecule has 0 bridgehead atoms. The van der Waals surface area contributed by atoms with Crippen molar-refractivity contribution in [2.45, 2.75) is 37.5 Å². The van der Waals surface area contributed by atoms with E-state index in [4.69, 9.17) is 9.47 Å². The number of methoxy groups -OCH3 is 1. The van der Waals surface area contributed by atoms with Gasteiger partial charge in [-0.05, 0) is 34.7 Å². The Kier molecular flexibility index (Phi) is 5.98. The molecule has 0 aromatic heterocycles. The Balaban J connectivity index is 1.87. The maximum atomic E-state index is 13.0. The van der Waals surface area contributed by atoms with Crippen LogP contribution in [-0.4, -0.2) is 41.6 Å². The van der Waals surface area contributed by atoms with Gasteiger partial charge in [0.25, 0.3) is 0 Å². The number of thioether (sulfide) groups is 1. The second kappa shape index (κ2) is 8.27. The molecule has 3 unspecified atom stereocenters. The largest absolute Gasteiger partial charge is 0.507 e. The van der Waals surface area contributed by atoms with Crippen LogP contribution in [0.4, 0.5) is 0 Å². The Bertz CT molecular complexity index is 949. The molecule has 1 aliphatic heterocycles. The van der Waals surface area contributed by atoms with Crippen LogP contribution in [0.5, 0.6) is 5.75 Å². The molecular weight excluding hydrogens is 376 g/mol. The average Bonchev–Trinajstić information content (AvgIpc) is 2.98. The Labute approximate surface area is 168 Å². The van der Waals surface area contributed by atoms with E-state index < -0.39 is 23.8 Å². The molecule has 148 valence electrons. The Morgan fingerprint density at radius 1 is 1.21 bits per heavy atom. The summed E-state index contributed by atoms with van der Waals surface area (Å²) in [6.45, 7) is 3.72. The zero-order valence-corrected chi connectivity index (χ0v) is 17.2. The van der Waals surface area contributed by atoms with Gasteiger partial charge in [-0.2, -0.15) is 11.8 Å². The smallest absolute Gasteiger partial charge is 0.346 e. The van der Waals surface area contributed by atoms with Crippen molar-refractivity contribution in [1.82, 2.24) is 0 Å². The number of aliphatic hydroxyl groups excluding tert-OH is 1. The van der Waals surface area contributed by atoms with Crippen LogP contribution >= 0.6 is 11.8 Å². The molecular formula is C22H24O5S. The lowest BCUT2D eigenvalue weighted by Gasteiger charge is -2.14.